The first-order valence-electron chi connectivity index (χ1n) is 9.63. The molecule has 1 saturated heterocycles. The van der Waals surface area contributed by atoms with Gasteiger partial charge in [-0.3, -0.25) is 9.69 Å². The molecule has 150 valence electrons. The Kier molecular flexibility index (Phi) is 6.52. The molecule has 6 nitrogen and oxygen atoms in total. The zero-order chi connectivity index (χ0) is 20.2. The number of ether oxygens (including phenoxy) is 1. The third-order valence-electron chi connectivity index (χ3n) is 4.90. The number of rotatable bonds is 8. The molecular formula is C21H32N2O4. The van der Waals surface area contributed by atoms with Gasteiger partial charge in [-0.2, -0.15) is 0 Å². The minimum Gasteiger partial charge on any atom is -0.491 e. The van der Waals surface area contributed by atoms with Crippen molar-refractivity contribution >= 4 is 11.9 Å². The van der Waals surface area contributed by atoms with E-state index in [9.17, 15) is 14.7 Å². The van der Waals surface area contributed by atoms with Crippen LogP contribution in [-0.2, 0) is 10.2 Å². The molecular weight excluding hydrogens is 344 g/mol. The molecule has 0 radical (unpaired) electrons. The highest BCUT2D eigenvalue weighted by atomic mass is 16.5. The van der Waals surface area contributed by atoms with Crippen molar-refractivity contribution in [1.82, 2.24) is 10.2 Å². The Labute approximate surface area is 161 Å². The number of benzene rings is 1. The van der Waals surface area contributed by atoms with Crippen LogP contribution in [0.3, 0.4) is 0 Å². The van der Waals surface area contributed by atoms with Gasteiger partial charge < -0.3 is 15.2 Å². The molecule has 1 aliphatic heterocycles. The number of imide groups is 1. The van der Waals surface area contributed by atoms with Crippen LogP contribution in [0.25, 0.3) is 0 Å². The summed E-state index contributed by atoms with van der Waals surface area (Å²) in [5, 5.41) is 13.1. The molecule has 3 amide bonds. The lowest BCUT2D eigenvalue weighted by Crippen LogP contribution is -2.45. The summed E-state index contributed by atoms with van der Waals surface area (Å²) in [5.41, 5.74) is 0.0688. The van der Waals surface area contributed by atoms with Gasteiger partial charge in [0, 0.05) is 0 Å². The standard InChI is InChI=1S/C21H32N2O4/c1-6-7-12-21(5)18(25)23(19(26)22-21)13-15(24)14-27-17-11-9-8-10-16(17)20(2,3)4/h8-11,15,24H,6-7,12-14H2,1-5H3,(H,22,26). The molecule has 0 saturated carbocycles. The maximum absolute atomic E-state index is 12.6. The number of amides is 3. The zero-order valence-electron chi connectivity index (χ0n) is 17.0. The van der Waals surface area contributed by atoms with Gasteiger partial charge >= 0.3 is 6.03 Å². The molecule has 1 heterocycles. The SMILES string of the molecule is CCCCC1(C)NC(=O)N(CC(O)COc2ccccc2C(C)(C)C)C1=O. The van der Waals surface area contributed by atoms with Crippen LogP contribution in [0.4, 0.5) is 4.79 Å². The lowest BCUT2D eigenvalue weighted by atomic mass is 9.86. The van der Waals surface area contributed by atoms with Crippen molar-refractivity contribution in [2.75, 3.05) is 13.2 Å². The Morgan fingerprint density at radius 2 is 1.93 bits per heavy atom. The van der Waals surface area contributed by atoms with E-state index in [4.69, 9.17) is 4.74 Å². The van der Waals surface area contributed by atoms with Crippen LogP contribution >= 0.6 is 0 Å². The van der Waals surface area contributed by atoms with E-state index in [2.05, 4.69) is 26.1 Å². The molecule has 6 heteroatoms. The number of hydrogen-bond donors (Lipinski definition) is 2. The number of hydrogen-bond acceptors (Lipinski definition) is 4. The first-order chi connectivity index (χ1) is 12.6. The number of β-amino-alcohol motifs (C(OH)–C–C–N with tert-alkyl or cyclic N) is 1. The van der Waals surface area contributed by atoms with Crippen LogP contribution in [0.2, 0.25) is 0 Å². The number of aliphatic hydroxyl groups is 1. The lowest BCUT2D eigenvalue weighted by molar-refractivity contribution is -0.132. The lowest BCUT2D eigenvalue weighted by Gasteiger charge is -2.24. The molecule has 2 atom stereocenters. The first-order valence-corrected chi connectivity index (χ1v) is 9.63. The summed E-state index contributed by atoms with van der Waals surface area (Å²) in [7, 11) is 0. The minimum atomic E-state index is -0.957. The number of para-hydroxylation sites is 1. The molecule has 2 N–H and O–H groups in total. The van der Waals surface area contributed by atoms with E-state index >= 15 is 0 Å². The number of nitrogens with zero attached hydrogens (tertiary/aromatic N) is 1. The Morgan fingerprint density at radius 1 is 1.26 bits per heavy atom. The maximum Gasteiger partial charge on any atom is 0.325 e. The first kappa shape index (κ1) is 21.2. The van der Waals surface area contributed by atoms with Crippen molar-refractivity contribution < 1.29 is 19.4 Å². The molecule has 2 unspecified atom stereocenters. The van der Waals surface area contributed by atoms with Crippen LogP contribution in [-0.4, -0.2) is 46.7 Å². The molecule has 0 aromatic heterocycles. The zero-order valence-corrected chi connectivity index (χ0v) is 17.0. The minimum absolute atomic E-state index is 0.00975. The molecule has 2 rings (SSSR count). The highest BCUT2D eigenvalue weighted by Crippen LogP contribution is 2.31. The van der Waals surface area contributed by atoms with Gasteiger partial charge in [-0.15, -0.1) is 0 Å². The van der Waals surface area contributed by atoms with Gasteiger partial charge in [0.1, 0.15) is 24.0 Å². The van der Waals surface area contributed by atoms with E-state index in [0.29, 0.717) is 12.2 Å². The summed E-state index contributed by atoms with van der Waals surface area (Å²) in [5.74, 6) is 0.420. The van der Waals surface area contributed by atoms with Gasteiger partial charge in [0.05, 0.1) is 6.54 Å². The van der Waals surface area contributed by atoms with Crippen molar-refractivity contribution in [3.05, 3.63) is 29.8 Å². The number of urea groups is 1. The van der Waals surface area contributed by atoms with Crippen molar-refractivity contribution in [2.45, 2.75) is 70.9 Å². The molecule has 1 aromatic rings. The predicted molar refractivity (Wildman–Crippen MR) is 105 cm³/mol. The molecule has 1 fully saturated rings. The van der Waals surface area contributed by atoms with Crippen LogP contribution in [0, 0.1) is 0 Å². The second-order valence-electron chi connectivity index (χ2n) is 8.49. The Balaban J connectivity index is 1.98. The van der Waals surface area contributed by atoms with E-state index in [-0.39, 0.29) is 24.5 Å². The van der Waals surface area contributed by atoms with Gasteiger partial charge in [0.2, 0.25) is 0 Å². The number of unbranched alkanes of at least 4 members (excludes halogenated alkanes) is 1. The van der Waals surface area contributed by atoms with Gasteiger partial charge in [-0.05, 0) is 30.4 Å². The quantitative estimate of drug-likeness (QED) is 0.683. The fourth-order valence-electron chi connectivity index (χ4n) is 3.27. The van der Waals surface area contributed by atoms with Crippen molar-refractivity contribution in [3.8, 4) is 5.75 Å². The van der Waals surface area contributed by atoms with E-state index in [1.807, 2.05) is 31.2 Å². The van der Waals surface area contributed by atoms with Crippen LogP contribution in [0.1, 0.15) is 59.4 Å². The number of nitrogens with one attached hydrogen (secondary N) is 1. The Bertz CT molecular complexity index is 683. The highest BCUT2D eigenvalue weighted by Gasteiger charge is 2.47. The van der Waals surface area contributed by atoms with E-state index in [1.54, 1.807) is 6.92 Å². The normalized spacial score (nSPS) is 21.3. The van der Waals surface area contributed by atoms with Gasteiger partial charge in [-0.1, -0.05) is 58.7 Å². The molecule has 1 aliphatic rings. The molecule has 0 bridgehead atoms. The van der Waals surface area contributed by atoms with Gasteiger partial charge in [0.25, 0.3) is 5.91 Å². The number of carbonyl (C=O) groups excluding carboxylic acids is 2. The van der Waals surface area contributed by atoms with E-state index < -0.39 is 17.7 Å². The monoisotopic (exact) mass is 376 g/mol. The van der Waals surface area contributed by atoms with Crippen molar-refractivity contribution in [1.29, 1.82) is 0 Å². The van der Waals surface area contributed by atoms with Crippen molar-refractivity contribution in [2.24, 2.45) is 0 Å². The number of aliphatic hydroxyl groups excluding tert-OH is 1. The largest absolute Gasteiger partial charge is 0.491 e. The number of carbonyl (C=O) groups is 2. The summed E-state index contributed by atoms with van der Waals surface area (Å²) in [6.45, 7) is 9.99. The summed E-state index contributed by atoms with van der Waals surface area (Å²) in [4.78, 5) is 25.9. The van der Waals surface area contributed by atoms with Crippen molar-refractivity contribution in [3.63, 3.8) is 0 Å². The summed E-state index contributed by atoms with van der Waals surface area (Å²) < 4.78 is 5.80. The molecule has 0 aliphatic carbocycles. The molecule has 0 spiro atoms. The fourth-order valence-corrected chi connectivity index (χ4v) is 3.27. The van der Waals surface area contributed by atoms with E-state index in [0.717, 1.165) is 23.3 Å². The average Bonchev–Trinajstić information content (AvgIpc) is 2.81. The average molecular weight is 376 g/mol. The summed E-state index contributed by atoms with van der Waals surface area (Å²) in [6.07, 6.45) is 1.44. The Morgan fingerprint density at radius 3 is 2.56 bits per heavy atom. The van der Waals surface area contributed by atoms with Crippen LogP contribution in [0.5, 0.6) is 5.75 Å². The predicted octanol–water partition coefficient (Wildman–Crippen LogP) is 3.22. The topological polar surface area (TPSA) is 78.9 Å². The third kappa shape index (κ3) is 5.01. The Hall–Kier alpha value is -2.08. The third-order valence-corrected chi connectivity index (χ3v) is 4.90. The maximum atomic E-state index is 12.6. The molecule has 27 heavy (non-hydrogen) atoms. The van der Waals surface area contributed by atoms with Gasteiger partial charge in [-0.25, -0.2) is 4.79 Å². The fraction of sp³-hybridized carbons (Fsp3) is 0.619. The van der Waals surface area contributed by atoms with Crippen LogP contribution in [0.15, 0.2) is 24.3 Å². The molecule has 1 aromatic carbocycles. The van der Waals surface area contributed by atoms with E-state index in [1.165, 1.54) is 0 Å². The smallest absolute Gasteiger partial charge is 0.325 e. The van der Waals surface area contributed by atoms with Gasteiger partial charge in [0.15, 0.2) is 0 Å². The summed E-state index contributed by atoms with van der Waals surface area (Å²) >= 11 is 0. The van der Waals surface area contributed by atoms with Crippen LogP contribution < -0.4 is 10.1 Å². The summed E-state index contributed by atoms with van der Waals surface area (Å²) in [6, 6.07) is 7.25. The highest BCUT2D eigenvalue weighted by molar-refractivity contribution is 6.06. The second kappa shape index (κ2) is 8.30. The second-order valence-corrected chi connectivity index (χ2v) is 8.49.